The Balaban J connectivity index is 2.57. The zero-order valence-electron chi connectivity index (χ0n) is 12.4. The summed E-state index contributed by atoms with van der Waals surface area (Å²) in [5, 5.41) is 9.03. The van der Waals surface area contributed by atoms with Gasteiger partial charge in [0.15, 0.2) is 0 Å². The number of hydrogen-bond donors (Lipinski definition) is 1. The molecule has 0 aliphatic carbocycles. The van der Waals surface area contributed by atoms with E-state index in [0.29, 0.717) is 5.56 Å². The highest BCUT2D eigenvalue weighted by atomic mass is 32.2. The van der Waals surface area contributed by atoms with Gasteiger partial charge in [0.2, 0.25) is 0 Å². The number of benzene rings is 1. The summed E-state index contributed by atoms with van der Waals surface area (Å²) in [5.74, 6) is 1.65. The standard InChI is InChI=1S/C15H23NO3S/c1-4-16(5-2)8-9-20-11-13-10-12(15(17)18)6-7-14(13)19-3/h6-7,10H,4-5,8-9,11H2,1-3H3,(H,17,18). The minimum atomic E-state index is -0.901. The average molecular weight is 297 g/mol. The van der Waals surface area contributed by atoms with E-state index in [1.165, 1.54) is 0 Å². The molecule has 0 bridgehead atoms. The highest BCUT2D eigenvalue weighted by Gasteiger charge is 2.09. The molecule has 0 aliphatic heterocycles. The van der Waals surface area contributed by atoms with Crippen LogP contribution in [0.15, 0.2) is 18.2 Å². The highest BCUT2D eigenvalue weighted by molar-refractivity contribution is 7.98. The van der Waals surface area contributed by atoms with Gasteiger partial charge in [-0.2, -0.15) is 11.8 Å². The van der Waals surface area contributed by atoms with Crippen molar-refractivity contribution in [3.63, 3.8) is 0 Å². The van der Waals surface area contributed by atoms with E-state index >= 15 is 0 Å². The lowest BCUT2D eigenvalue weighted by Crippen LogP contribution is -2.25. The maximum atomic E-state index is 11.0. The normalized spacial score (nSPS) is 10.8. The zero-order chi connectivity index (χ0) is 15.0. The van der Waals surface area contributed by atoms with Crippen molar-refractivity contribution in [2.24, 2.45) is 0 Å². The Morgan fingerprint density at radius 2 is 2.05 bits per heavy atom. The second kappa shape index (κ2) is 8.87. The number of hydrogen-bond acceptors (Lipinski definition) is 4. The molecule has 1 N–H and O–H groups in total. The van der Waals surface area contributed by atoms with Gasteiger partial charge in [-0.3, -0.25) is 0 Å². The third kappa shape index (κ3) is 5.06. The number of carbonyl (C=O) groups is 1. The molecule has 1 aromatic carbocycles. The molecule has 0 spiro atoms. The highest BCUT2D eigenvalue weighted by Crippen LogP contribution is 2.24. The average Bonchev–Trinajstić information content (AvgIpc) is 2.47. The van der Waals surface area contributed by atoms with Crippen molar-refractivity contribution in [3.05, 3.63) is 29.3 Å². The Morgan fingerprint density at radius 3 is 2.60 bits per heavy atom. The van der Waals surface area contributed by atoms with Crippen molar-refractivity contribution < 1.29 is 14.6 Å². The summed E-state index contributed by atoms with van der Waals surface area (Å²) in [6, 6.07) is 5.00. The maximum Gasteiger partial charge on any atom is 0.335 e. The molecule has 0 atom stereocenters. The third-order valence-electron chi connectivity index (χ3n) is 3.23. The number of carboxylic acids is 1. The quantitative estimate of drug-likeness (QED) is 0.710. The number of ether oxygens (including phenoxy) is 1. The largest absolute Gasteiger partial charge is 0.496 e. The van der Waals surface area contributed by atoms with E-state index in [1.807, 2.05) is 0 Å². The van der Waals surface area contributed by atoms with Crippen molar-refractivity contribution in [1.29, 1.82) is 0 Å². The molecule has 0 radical (unpaired) electrons. The van der Waals surface area contributed by atoms with Gasteiger partial charge in [-0.1, -0.05) is 13.8 Å². The lowest BCUT2D eigenvalue weighted by atomic mass is 10.1. The Labute approximate surface area is 125 Å². The number of carboxylic acid groups (broad SMARTS) is 1. The SMILES string of the molecule is CCN(CC)CCSCc1cc(C(=O)O)ccc1OC. The van der Waals surface area contributed by atoms with Gasteiger partial charge >= 0.3 is 5.97 Å². The first-order valence-corrected chi connectivity index (χ1v) is 7.98. The number of methoxy groups -OCH3 is 1. The Hall–Kier alpha value is -1.20. The number of aromatic carboxylic acids is 1. The molecule has 0 amide bonds. The molecule has 112 valence electrons. The second-order valence-electron chi connectivity index (χ2n) is 4.41. The van der Waals surface area contributed by atoms with Gasteiger partial charge < -0.3 is 14.7 Å². The summed E-state index contributed by atoms with van der Waals surface area (Å²) in [5.41, 5.74) is 1.25. The van der Waals surface area contributed by atoms with E-state index in [2.05, 4.69) is 18.7 Å². The number of nitrogens with zero attached hydrogens (tertiary/aromatic N) is 1. The van der Waals surface area contributed by atoms with Crippen LogP contribution in [-0.2, 0) is 5.75 Å². The predicted octanol–water partition coefficient (Wildman–Crippen LogP) is 2.97. The number of thioether (sulfide) groups is 1. The van der Waals surface area contributed by atoms with E-state index in [9.17, 15) is 4.79 Å². The van der Waals surface area contributed by atoms with Gasteiger partial charge in [0.1, 0.15) is 5.75 Å². The fourth-order valence-corrected chi connectivity index (χ4v) is 2.92. The van der Waals surface area contributed by atoms with E-state index < -0.39 is 5.97 Å². The van der Waals surface area contributed by atoms with Crippen LogP contribution in [0.4, 0.5) is 0 Å². The van der Waals surface area contributed by atoms with Gasteiger partial charge in [0.05, 0.1) is 12.7 Å². The second-order valence-corrected chi connectivity index (χ2v) is 5.52. The number of rotatable bonds is 9. The van der Waals surface area contributed by atoms with E-state index in [1.54, 1.807) is 37.1 Å². The van der Waals surface area contributed by atoms with Gasteiger partial charge in [0, 0.05) is 23.6 Å². The molecular formula is C15H23NO3S. The summed E-state index contributed by atoms with van der Waals surface area (Å²) in [6.07, 6.45) is 0. The summed E-state index contributed by atoms with van der Waals surface area (Å²) >= 11 is 1.80. The molecule has 0 saturated heterocycles. The summed E-state index contributed by atoms with van der Waals surface area (Å²) < 4.78 is 5.28. The van der Waals surface area contributed by atoms with Crippen LogP contribution in [0.5, 0.6) is 5.75 Å². The first kappa shape index (κ1) is 16.9. The van der Waals surface area contributed by atoms with Crippen LogP contribution < -0.4 is 4.74 Å². The van der Waals surface area contributed by atoms with E-state index in [4.69, 9.17) is 9.84 Å². The smallest absolute Gasteiger partial charge is 0.335 e. The molecule has 0 unspecified atom stereocenters. The van der Waals surface area contributed by atoms with Crippen molar-refractivity contribution in [2.45, 2.75) is 19.6 Å². The molecule has 1 rings (SSSR count). The van der Waals surface area contributed by atoms with Crippen molar-refractivity contribution in [1.82, 2.24) is 4.90 Å². The molecule has 0 fully saturated rings. The molecule has 4 nitrogen and oxygen atoms in total. The molecule has 0 aliphatic rings. The fraction of sp³-hybridized carbons (Fsp3) is 0.533. The van der Waals surface area contributed by atoms with E-state index in [-0.39, 0.29) is 0 Å². The van der Waals surface area contributed by atoms with Crippen LogP contribution in [0.25, 0.3) is 0 Å². The minimum absolute atomic E-state index is 0.310. The van der Waals surface area contributed by atoms with Crippen molar-refractivity contribution in [3.8, 4) is 5.75 Å². The Morgan fingerprint density at radius 1 is 1.35 bits per heavy atom. The summed E-state index contributed by atoms with van der Waals surface area (Å²) in [4.78, 5) is 13.4. The monoisotopic (exact) mass is 297 g/mol. The Kier molecular flexibility index (Phi) is 7.47. The fourth-order valence-electron chi connectivity index (χ4n) is 1.94. The van der Waals surface area contributed by atoms with Crippen LogP contribution in [-0.4, -0.2) is 48.5 Å². The van der Waals surface area contributed by atoms with Crippen molar-refractivity contribution >= 4 is 17.7 Å². The van der Waals surface area contributed by atoms with Gasteiger partial charge in [-0.25, -0.2) is 4.79 Å². The first-order valence-electron chi connectivity index (χ1n) is 6.82. The lowest BCUT2D eigenvalue weighted by molar-refractivity contribution is 0.0696. The molecule has 0 heterocycles. The van der Waals surface area contributed by atoms with Gasteiger partial charge in [-0.05, 0) is 31.3 Å². The predicted molar refractivity (Wildman–Crippen MR) is 83.9 cm³/mol. The first-order chi connectivity index (χ1) is 9.62. The molecule has 0 aromatic heterocycles. The summed E-state index contributed by atoms with van der Waals surface area (Å²) in [7, 11) is 1.61. The van der Waals surface area contributed by atoms with Gasteiger partial charge in [0.25, 0.3) is 0 Å². The van der Waals surface area contributed by atoms with Crippen LogP contribution >= 0.6 is 11.8 Å². The summed E-state index contributed by atoms with van der Waals surface area (Å²) in [6.45, 7) is 7.50. The van der Waals surface area contributed by atoms with Crippen LogP contribution in [0, 0.1) is 0 Å². The molecule has 0 saturated carbocycles. The van der Waals surface area contributed by atoms with Crippen LogP contribution in [0.2, 0.25) is 0 Å². The van der Waals surface area contributed by atoms with Gasteiger partial charge in [-0.15, -0.1) is 0 Å². The topological polar surface area (TPSA) is 49.8 Å². The molecule has 5 heteroatoms. The van der Waals surface area contributed by atoms with E-state index in [0.717, 1.165) is 42.5 Å². The maximum absolute atomic E-state index is 11.0. The van der Waals surface area contributed by atoms with Crippen molar-refractivity contribution in [2.75, 3.05) is 32.5 Å². The molecular weight excluding hydrogens is 274 g/mol. The van der Waals surface area contributed by atoms with Crippen LogP contribution in [0.1, 0.15) is 29.8 Å². The zero-order valence-corrected chi connectivity index (χ0v) is 13.2. The van der Waals surface area contributed by atoms with Crippen LogP contribution in [0.3, 0.4) is 0 Å². The Bertz CT molecular complexity index is 433. The minimum Gasteiger partial charge on any atom is -0.496 e. The molecule has 1 aromatic rings. The lowest BCUT2D eigenvalue weighted by Gasteiger charge is -2.17. The third-order valence-corrected chi connectivity index (χ3v) is 4.22. The molecule has 20 heavy (non-hydrogen) atoms.